The number of aryl methyl sites for hydroxylation is 4. The molecule has 8 aromatic rings. The monoisotopic (exact) mass is 854 g/mol. The van der Waals surface area contributed by atoms with Crippen molar-refractivity contribution in [2.75, 3.05) is 26.7 Å². The third-order valence-corrected chi connectivity index (χ3v) is 11.3. The third kappa shape index (κ3) is 11.4. The smallest absolute Gasteiger partial charge is 1.00 e. The first-order chi connectivity index (χ1) is 22.1. The van der Waals surface area contributed by atoms with Crippen molar-refractivity contribution >= 4 is 69.5 Å². The van der Waals surface area contributed by atoms with Gasteiger partial charge in [-0.2, -0.15) is 36.4 Å². The summed E-state index contributed by atoms with van der Waals surface area (Å²) in [5.41, 5.74) is 5.48. The van der Waals surface area contributed by atoms with Gasteiger partial charge in [-0.25, -0.2) is 0 Å². The summed E-state index contributed by atoms with van der Waals surface area (Å²) in [7, 11) is 0.115. The third-order valence-electron chi connectivity index (χ3n) is 8.74. The molecule has 0 saturated heterocycles. The van der Waals surface area contributed by atoms with Crippen LogP contribution in [0.5, 0.6) is 0 Å². The fourth-order valence-electron chi connectivity index (χ4n) is 5.86. The van der Waals surface area contributed by atoms with Gasteiger partial charge in [-0.05, 0) is 40.5 Å². The van der Waals surface area contributed by atoms with Crippen LogP contribution in [0.1, 0.15) is 22.3 Å². The van der Waals surface area contributed by atoms with Crippen molar-refractivity contribution in [1.82, 2.24) is 0 Å². The van der Waals surface area contributed by atoms with Crippen molar-refractivity contribution in [3.63, 3.8) is 0 Å². The molecule has 8 aromatic carbocycles. The Labute approximate surface area is 338 Å². The van der Waals surface area contributed by atoms with Crippen LogP contribution in [0.3, 0.4) is 0 Å². The van der Waals surface area contributed by atoms with Gasteiger partial charge in [0.25, 0.3) is 0 Å². The van der Waals surface area contributed by atoms with Crippen molar-refractivity contribution in [2.45, 2.75) is 27.7 Å². The molecule has 0 aliphatic heterocycles. The second kappa shape index (κ2) is 21.4. The summed E-state index contributed by atoms with van der Waals surface area (Å²) in [4.78, 5) is 0. The number of fused-ring (bicyclic) bond motifs is 4. The molecule has 0 spiro atoms. The fraction of sp³-hybridized carbons (Fsp3) is 0.182. The molecule has 256 valence electrons. The molecule has 0 N–H and O–H groups in total. The molecule has 0 aliphatic rings. The van der Waals surface area contributed by atoms with E-state index in [1.54, 1.807) is 0 Å². The number of rotatable bonds is 2. The maximum Gasteiger partial charge on any atom is 2.00 e. The summed E-state index contributed by atoms with van der Waals surface area (Å²) in [6, 6.07) is 48.0. The number of hydrogen-bond acceptors (Lipinski definition) is 0. The molecule has 0 saturated carbocycles. The Morgan fingerprint density at radius 3 is 1.10 bits per heavy atom. The summed E-state index contributed by atoms with van der Waals surface area (Å²) in [6.45, 7) is 17.8. The van der Waals surface area contributed by atoms with Crippen LogP contribution in [0.25, 0.3) is 43.1 Å². The summed E-state index contributed by atoms with van der Waals surface area (Å²) in [6.07, 6.45) is 0. The van der Waals surface area contributed by atoms with E-state index in [9.17, 15) is 0 Å². The van der Waals surface area contributed by atoms with Crippen LogP contribution in [0.2, 0.25) is 0 Å². The largest absolute Gasteiger partial charge is 2.00 e. The van der Waals surface area contributed by atoms with E-state index in [1.165, 1.54) is 76.0 Å². The average Bonchev–Trinajstić information content (AvgIpc) is 3.87. The SMILES string of the molecule is CP(C)c1cc2ccccc2[cH-]1.CP(C)c1cc2ccccc2[cH-]1.Cc1ccc(C)c2[cH-]ccc12.Cc1ccc(C)c2[cH-]ccc12.[F-].[F-].[Zr+2].[Zr+2]. The van der Waals surface area contributed by atoms with Crippen molar-refractivity contribution in [1.29, 1.82) is 0 Å². The first-order valence-electron chi connectivity index (χ1n) is 16.0. The quantitative estimate of drug-likeness (QED) is 0.144. The van der Waals surface area contributed by atoms with Gasteiger partial charge in [0.05, 0.1) is 0 Å². The molecule has 0 aliphatic carbocycles. The first-order valence-corrected chi connectivity index (χ1v) is 20.5. The van der Waals surface area contributed by atoms with Crippen LogP contribution >= 0.6 is 15.8 Å². The average molecular weight is 857 g/mol. The molecule has 50 heavy (non-hydrogen) atoms. The summed E-state index contributed by atoms with van der Waals surface area (Å²) >= 11 is 0. The normalized spacial score (nSPS) is 10.1. The van der Waals surface area contributed by atoms with Crippen LogP contribution in [0.15, 0.2) is 133 Å². The number of halogens is 2. The maximum absolute atomic E-state index is 2.31. The van der Waals surface area contributed by atoms with Crippen LogP contribution in [0, 0.1) is 27.7 Å². The standard InChI is InChI=1S/2C11H12P.2C11H11.2FH.2Zr/c2*1-12(2)11-7-9-5-3-4-6-10(9)8-11;2*1-8-6-7-9(2)11-5-3-4-10(8)11;;;;/h2*3-8H,1-2H3;2*3-7H,1-2H3;2*1H;;/q4*-1;;;2*+2/p-2. The van der Waals surface area contributed by atoms with Crippen LogP contribution in [-0.4, -0.2) is 26.7 Å². The van der Waals surface area contributed by atoms with Gasteiger partial charge < -0.3 is 9.41 Å². The predicted molar refractivity (Wildman–Crippen MR) is 214 cm³/mol. The molecule has 0 amide bonds. The van der Waals surface area contributed by atoms with Crippen LogP contribution in [-0.2, 0) is 52.4 Å². The van der Waals surface area contributed by atoms with Gasteiger partial charge in [-0.1, -0.05) is 49.2 Å². The zero-order valence-electron chi connectivity index (χ0n) is 30.4. The van der Waals surface area contributed by atoms with Crippen molar-refractivity contribution in [3.8, 4) is 0 Å². The van der Waals surface area contributed by atoms with Gasteiger partial charge in [0, 0.05) is 0 Å². The van der Waals surface area contributed by atoms with Gasteiger partial charge in [0.2, 0.25) is 0 Å². The van der Waals surface area contributed by atoms with Crippen LogP contribution < -0.4 is 20.0 Å². The number of hydrogen-bond donors (Lipinski definition) is 0. The Morgan fingerprint density at radius 2 is 0.780 bits per heavy atom. The Bertz CT molecular complexity index is 1880. The van der Waals surface area contributed by atoms with Gasteiger partial charge >= 0.3 is 52.4 Å². The molecular weight excluding hydrogens is 811 g/mol. The fourth-order valence-corrected chi connectivity index (χ4v) is 7.45. The molecule has 8 rings (SSSR count). The summed E-state index contributed by atoms with van der Waals surface area (Å²) < 4.78 is 0. The Hall–Kier alpha value is -2.19. The van der Waals surface area contributed by atoms with Crippen molar-refractivity contribution in [2.24, 2.45) is 0 Å². The zero-order chi connectivity index (χ0) is 32.8. The van der Waals surface area contributed by atoms with Gasteiger partial charge in [0.1, 0.15) is 0 Å². The van der Waals surface area contributed by atoms with Crippen molar-refractivity contribution in [3.05, 3.63) is 156 Å². The van der Waals surface area contributed by atoms with E-state index < -0.39 is 0 Å². The number of benzene rings is 4. The molecule has 0 fully saturated rings. The van der Waals surface area contributed by atoms with E-state index >= 15 is 0 Å². The minimum absolute atomic E-state index is 0. The molecule has 0 aromatic heterocycles. The second-order valence-electron chi connectivity index (χ2n) is 12.6. The summed E-state index contributed by atoms with van der Waals surface area (Å²) in [5.74, 6) is 0. The zero-order valence-corrected chi connectivity index (χ0v) is 37.1. The van der Waals surface area contributed by atoms with E-state index in [0.29, 0.717) is 0 Å². The van der Waals surface area contributed by atoms with Crippen molar-refractivity contribution < 1.29 is 61.8 Å². The van der Waals surface area contributed by atoms with E-state index in [2.05, 4.69) is 188 Å². The van der Waals surface area contributed by atoms with E-state index in [1.807, 2.05) is 0 Å². The Balaban J connectivity index is 0.000000325. The van der Waals surface area contributed by atoms with E-state index in [0.717, 1.165) is 0 Å². The minimum atomic E-state index is 0. The van der Waals surface area contributed by atoms with Gasteiger partial charge in [-0.15, -0.1) is 153 Å². The van der Waals surface area contributed by atoms with Crippen LogP contribution in [0.4, 0.5) is 0 Å². The molecule has 0 bridgehead atoms. The molecule has 0 heterocycles. The maximum atomic E-state index is 2.31. The second-order valence-corrected chi connectivity index (χ2v) is 17.2. The van der Waals surface area contributed by atoms with E-state index in [-0.39, 0.29) is 77.7 Å². The molecule has 0 nitrogen and oxygen atoms in total. The van der Waals surface area contributed by atoms with E-state index in [4.69, 9.17) is 0 Å². The van der Waals surface area contributed by atoms with Gasteiger partial charge in [0.15, 0.2) is 0 Å². The first kappa shape index (κ1) is 45.8. The molecular formula is C44H46F2P2Zr2-2. The Kier molecular flexibility index (Phi) is 19.6. The summed E-state index contributed by atoms with van der Waals surface area (Å²) in [5, 5.41) is 14.1. The predicted octanol–water partition coefficient (Wildman–Crippen LogP) is 6.21. The molecule has 0 atom stereocenters. The molecule has 6 heteroatoms. The topological polar surface area (TPSA) is 0 Å². The Morgan fingerprint density at radius 1 is 0.440 bits per heavy atom. The molecule has 0 radical (unpaired) electrons. The molecule has 0 unspecified atom stereocenters. The van der Waals surface area contributed by atoms with Gasteiger partial charge in [-0.3, -0.25) is 0 Å². The minimum Gasteiger partial charge on any atom is -1.00 e.